The molecule has 2 rings (SSSR count). The number of aliphatic hydroxyl groups is 8. The first-order valence-corrected chi connectivity index (χ1v) is 7.07. The molecule has 136 valence electrons. The Morgan fingerprint density at radius 1 is 0.652 bits per heavy atom. The van der Waals surface area contributed by atoms with E-state index in [1.54, 1.807) is 0 Å². The molecule has 8 N–H and O–H groups in total. The summed E-state index contributed by atoms with van der Waals surface area (Å²) in [6.07, 6.45) is -15.3. The molecule has 0 aliphatic carbocycles. The minimum absolute atomic E-state index is 0.468. The Hall–Kier alpha value is -0.440. The monoisotopic (exact) mass is 342 g/mol. The molecule has 2 heterocycles. The van der Waals surface area contributed by atoms with E-state index in [1.165, 1.54) is 0 Å². The average molecular weight is 342 g/mol. The third kappa shape index (κ3) is 3.81. The summed E-state index contributed by atoms with van der Waals surface area (Å²) in [5.41, 5.74) is 0. The third-order valence-corrected chi connectivity index (χ3v) is 3.96. The summed E-state index contributed by atoms with van der Waals surface area (Å²) in [6.45, 7) is -1.10. The summed E-state index contributed by atoms with van der Waals surface area (Å²) < 4.78 is 15.1. The van der Waals surface area contributed by atoms with Gasteiger partial charge in [-0.1, -0.05) is 0 Å². The number of hydrogen-bond donors (Lipinski definition) is 8. The zero-order valence-corrected chi connectivity index (χ0v) is 12.0. The van der Waals surface area contributed by atoms with E-state index >= 15 is 0 Å². The molecule has 11 nitrogen and oxygen atoms in total. The van der Waals surface area contributed by atoms with Crippen molar-refractivity contribution in [1.82, 2.24) is 0 Å². The molecule has 0 unspecified atom stereocenters. The lowest BCUT2D eigenvalue weighted by Gasteiger charge is -2.41. The zero-order chi connectivity index (χ0) is 17.3. The second-order valence-corrected chi connectivity index (χ2v) is 5.57. The van der Waals surface area contributed by atoms with Crippen molar-refractivity contribution >= 4 is 0 Å². The van der Waals surface area contributed by atoms with Gasteiger partial charge in [0.2, 0.25) is 0 Å². The van der Waals surface area contributed by atoms with E-state index in [0.717, 1.165) is 0 Å². The van der Waals surface area contributed by atoms with E-state index < -0.39 is 74.6 Å². The second kappa shape index (κ2) is 7.63. The van der Waals surface area contributed by atoms with Crippen molar-refractivity contribution in [3.63, 3.8) is 0 Å². The fourth-order valence-corrected chi connectivity index (χ4v) is 2.46. The summed E-state index contributed by atoms with van der Waals surface area (Å²) in [4.78, 5) is 0. The molecular formula is C12H22O11. The van der Waals surface area contributed by atoms with Crippen molar-refractivity contribution in [3.05, 3.63) is 0 Å². The largest absolute Gasteiger partial charge is 0.394 e. The molecule has 2 aliphatic rings. The summed E-state index contributed by atoms with van der Waals surface area (Å²) in [6, 6.07) is 0. The smallest absolute Gasteiger partial charge is 0.186 e. The molecule has 0 bridgehead atoms. The van der Waals surface area contributed by atoms with Gasteiger partial charge in [-0.3, -0.25) is 0 Å². The first kappa shape index (κ1) is 18.9. The minimum Gasteiger partial charge on any atom is -0.394 e. The molecule has 0 spiro atoms. The lowest BCUT2D eigenvalue weighted by molar-refractivity contribution is -0.325. The van der Waals surface area contributed by atoms with E-state index in [1.807, 2.05) is 0 Å². The highest BCUT2D eigenvalue weighted by Gasteiger charge is 2.46. The van der Waals surface area contributed by atoms with Gasteiger partial charge in [0.15, 0.2) is 12.6 Å². The van der Waals surface area contributed by atoms with Crippen LogP contribution in [0.4, 0.5) is 0 Å². The van der Waals surface area contributed by atoms with Crippen molar-refractivity contribution < 1.29 is 55.1 Å². The first-order chi connectivity index (χ1) is 10.8. The van der Waals surface area contributed by atoms with Crippen molar-refractivity contribution in [2.75, 3.05) is 13.2 Å². The second-order valence-electron chi connectivity index (χ2n) is 5.57. The number of aliphatic hydroxyl groups excluding tert-OH is 8. The van der Waals surface area contributed by atoms with Crippen LogP contribution in [0.1, 0.15) is 0 Å². The van der Waals surface area contributed by atoms with Crippen LogP contribution in [-0.2, 0) is 14.2 Å². The van der Waals surface area contributed by atoms with Gasteiger partial charge < -0.3 is 55.1 Å². The summed E-state index contributed by atoms with van der Waals surface area (Å²) >= 11 is 0. The minimum atomic E-state index is -1.74. The molecular weight excluding hydrogens is 320 g/mol. The fourth-order valence-electron chi connectivity index (χ4n) is 2.46. The average Bonchev–Trinajstić information content (AvgIpc) is 2.54. The molecule has 0 aromatic rings. The summed E-state index contributed by atoms with van der Waals surface area (Å²) in [5, 5.41) is 76.1. The van der Waals surface area contributed by atoms with Gasteiger partial charge in [-0.25, -0.2) is 0 Å². The topological polar surface area (TPSA) is 190 Å². The van der Waals surface area contributed by atoms with E-state index in [0.29, 0.717) is 0 Å². The Bertz CT molecular complexity index is 380. The van der Waals surface area contributed by atoms with Crippen LogP contribution in [0.3, 0.4) is 0 Å². The highest BCUT2D eigenvalue weighted by Crippen LogP contribution is 2.24. The van der Waals surface area contributed by atoms with E-state index in [-0.39, 0.29) is 0 Å². The maximum atomic E-state index is 9.78. The fraction of sp³-hybridized carbons (Fsp3) is 1.00. The Morgan fingerprint density at radius 2 is 1.22 bits per heavy atom. The SMILES string of the molecule is OC[C@H]1O[C@H](OC[C@H]2O[C@@H](O)[C@@H](O)[C@@H](O)[C@@H]2O)[C@@H](O)[C@@H](O)[C@@H]1O. The van der Waals surface area contributed by atoms with Crippen LogP contribution < -0.4 is 0 Å². The Balaban J connectivity index is 1.94. The molecule has 2 aliphatic heterocycles. The van der Waals surface area contributed by atoms with Gasteiger partial charge in [0.05, 0.1) is 13.2 Å². The van der Waals surface area contributed by atoms with Gasteiger partial charge in [-0.05, 0) is 0 Å². The maximum absolute atomic E-state index is 9.78. The normalized spacial score (nSPS) is 51.7. The van der Waals surface area contributed by atoms with Crippen LogP contribution in [0.15, 0.2) is 0 Å². The van der Waals surface area contributed by atoms with Gasteiger partial charge in [0.25, 0.3) is 0 Å². The van der Waals surface area contributed by atoms with Crippen molar-refractivity contribution in [3.8, 4) is 0 Å². The molecule has 11 heteroatoms. The van der Waals surface area contributed by atoms with Gasteiger partial charge >= 0.3 is 0 Å². The van der Waals surface area contributed by atoms with Crippen LogP contribution >= 0.6 is 0 Å². The molecule has 2 saturated heterocycles. The first-order valence-electron chi connectivity index (χ1n) is 7.07. The lowest BCUT2D eigenvalue weighted by atomic mass is 9.98. The van der Waals surface area contributed by atoms with Crippen LogP contribution in [0.5, 0.6) is 0 Å². The molecule has 23 heavy (non-hydrogen) atoms. The Labute approximate surface area is 130 Å². The predicted molar refractivity (Wildman–Crippen MR) is 68.6 cm³/mol. The van der Waals surface area contributed by atoms with Crippen LogP contribution in [0, 0.1) is 0 Å². The molecule has 2 fully saturated rings. The molecule has 0 aromatic carbocycles. The highest BCUT2D eigenvalue weighted by molar-refractivity contribution is 4.91. The van der Waals surface area contributed by atoms with Crippen LogP contribution in [0.2, 0.25) is 0 Å². The lowest BCUT2D eigenvalue weighted by Crippen LogP contribution is -2.61. The van der Waals surface area contributed by atoms with Crippen molar-refractivity contribution in [2.24, 2.45) is 0 Å². The Kier molecular flexibility index (Phi) is 6.27. The van der Waals surface area contributed by atoms with Gasteiger partial charge in [-0.2, -0.15) is 0 Å². The standard InChI is InChI=1S/C12H22O11/c13-1-3-5(14)8(17)10(19)12(23-3)21-2-4-6(15)7(16)9(18)11(20)22-4/h3-20H,1-2H2/t3-,4-,5-,6-,7+,8+,9+,10+,11-,12+/m1/s1. The van der Waals surface area contributed by atoms with Crippen LogP contribution in [-0.4, -0.2) is 115 Å². The molecule has 0 radical (unpaired) electrons. The van der Waals surface area contributed by atoms with Crippen LogP contribution in [0.25, 0.3) is 0 Å². The van der Waals surface area contributed by atoms with Gasteiger partial charge in [-0.15, -0.1) is 0 Å². The van der Waals surface area contributed by atoms with Crippen molar-refractivity contribution in [2.45, 2.75) is 61.4 Å². The number of hydrogen-bond acceptors (Lipinski definition) is 11. The van der Waals surface area contributed by atoms with E-state index in [9.17, 15) is 35.7 Å². The number of ether oxygens (including phenoxy) is 3. The molecule has 0 saturated carbocycles. The van der Waals surface area contributed by atoms with E-state index in [4.69, 9.17) is 19.3 Å². The molecule has 10 atom stereocenters. The summed E-state index contributed by atoms with van der Waals surface area (Å²) in [5.74, 6) is 0. The summed E-state index contributed by atoms with van der Waals surface area (Å²) in [7, 11) is 0. The molecule has 0 aromatic heterocycles. The third-order valence-electron chi connectivity index (χ3n) is 3.96. The van der Waals surface area contributed by atoms with Gasteiger partial charge in [0.1, 0.15) is 48.8 Å². The Morgan fingerprint density at radius 3 is 1.83 bits per heavy atom. The van der Waals surface area contributed by atoms with E-state index in [2.05, 4.69) is 0 Å². The highest BCUT2D eigenvalue weighted by atomic mass is 16.7. The quantitative estimate of drug-likeness (QED) is 0.243. The van der Waals surface area contributed by atoms with Gasteiger partial charge in [0, 0.05) is 0 Å². The van der Waals surface area contributed by atoms with Crippen molar-refractivity contribution in [1.29, 1.82) is 0 Å². The zero-order valence-electron chi connectivity index (χ0n) is 12.0. The molecule has 0 amide bonds. The maximum Gasteiger partial charge on any atom is 0.186 e. The predicted octanol–water partition coefficient (Wildman–Crippen LogP) is -5.40. The number of rotatable bonds is 4.